The van der Waals surface area contributed by atoms with Crippen LogP contribution in [-0.4, -0.2) is 21.3 Å². The van der Waals surface area contributed by atoms with Crippen LogP contribution < -0.4 is 14.8 Å². The number of nitrogens with one attached hydrogen (secondary N) is 1. The van der Waals surface area contributed by atoms with E-state index in [2.05, 4.69) is 12.2 Å². The van der Waals surface area contributed by atoms with Gasteiger partial charge in [0.1, 0.15) is 0 Å². The predicted octanol–water partition coefficient (Wildman–Crippen LogP) is 3.42. The second-order valence-electron chi connectivity index (χ2n) is 3.87. The molecule has 3 nitrogen and oxygen atoms in total. The van der Waals surface area contributed by atoms with Gasteiger partial charge < -0.3 is 14.8 Å². The Hall–Kier alpha value is -0.930. The summed E-state index contributed by atoms with van der Waals surface area (Å²) in [6.07, 6.45) is 2.17. The van der Waals surface area contributed by atoms with Crippen LogP contribution in [0.3, 0.4) is 0 Å². The fourth-order valence-electron chi connectivity index (χ4n) is 1.91. The first-order valence-corrected chi connectivity index (χ1v) is 6.14. The van der Waals surface area contributed by atoms with Crippen molar-refractivity contribution >= 4 is 11.6 Å². The molecule has 1 rings (SSSR count). The van der Waals surface area contributed by atoms with Gasteiger partial charge in [0.25, 0.3) is 0 Å². The second kappa shape index (κ2) is 6.72. The molecule has 0 amide bonds. The average molecular weight is 258 g/mol. The lowest BCUT2D eigenvalue weighted by Gasteiger charge is -2.18. The maximum Gasteiger partial charge on any atom is 0.179 e. The molecule has 0 spiro atoms. The summed E-state index contributed by atoms with van der Waals surface area (Å²) in [6.45, 7) is 2.16. The van der Waals surface area contributed by atoms with Crippen LogP contribution in [-0.2, 0) is 0 Å². The van der Waals surface area contributed by atoms with E-state index in [1.807, 2.05) is 19.2 Å². The third-order valence-corrected chi connectivity index (χ3v) is 3.06. The summed E-state index contributed by atoms with van der Waals surface area (Å²) < 4.78 is 10.5. The van der Waals surface area contributed by atoms with E-state index < -0.39 is 0 Å². The number of hydrogen-bond donors (Lipinski definition) is 1. The molecule has 0 heterocycles. The zero-order chi connectivity index (χ0) is 12.8. The first-order chi connectivity index (χ1) is 8.17. The molecule has 1 N–H and O–H groups in total. The van der Waals surface area contributed by atoms with Crippen LogP contribution in [0.2, 0.25) is 5.02 Å². The smallest absolute Gasteiger partial charge is 0.179 e. The van der Waals surface area contributed by atoms with E-state index in [0.29, 0.717) is 16.5 Å². The Balaban J connectivity index is 3.13. The Bertz CT molecular complexity index is 369. The zero-order valence-electron chi connectivity index (χ0n) is 10.8. The van der Waals surface area contributed by atoms with Gasteiger partial charge in [-0.2, -0.15) is 0 Å². The minimum absolute atomic E-state index is 0.289. The van der Waals surface area contributed by atoms with E-state index in [1.165, 1.54) is 0 Å². The summed E-state index contributed by atoms with van der Waals surface area (Å²) in [5.41, 5.74) is 1.12. The van der Waals surface area contributed by atoms with Crippen LogP contribution in [0.4, 0.5) is 0 Å². The molecular formula is C13H20ClNO2. The Morgan fingerprint density at radius 1 is 1.29 bits per heavy atom. The fraction of sp³-hybridized carbons (Fsp3) is 0.538. The van der Waals surface area contributed by atoms with Crippen molar-refractivity contribution in [3.63, 3.8) is 0 Å². The van der Waals surface area contributed by atoms with Gasteiger partial charge in [-0.25, -0.2) is 0 Å². The van der Waals surface area contributed by atoms with Crippen LogP contribution >= 0.6 is 11.6 Å². The van der Waals surface area contributed by atoms with Crippen molar-refractivity contribution < 1.29 is 9.47 Å². The minimum atomic E-state index is 0.289. The molecule has 1 aromatic carbocycles. The third kappa shape index (κ3) is 3.27. The van der Waals surface area contributed by atoms with Crippen molar-refractivity contribution in [1.82, 2.24) is 5.32 Å². The van der Waals surface area contributed by atoms with Crippen LogP contribution in [0.1, 0.15) is 31.4 Å². The topological polar surface area (TPSA) is 30.5 Å². The van der Waals surface area contributed by atoms with Gasteiger partial charge in [-0.05, 0) is 31.2 Å². The van der Waals surface area contributed by atoms with Crippen LogP contribution in [0.15, 0.2) is 12.1 Å². The van der Waals surface area contributed by atoms with E-state index in [-0.39, 0.29) is 6.04 Å². The van der Waals surface area contributed by atoms with Gasteiger partial charge in [-0.3, -0.25) is 0 Å². The number of halogens is 1. The SMILES string of the molecule is CCCC(NC)c1cc(Cl)c(OC)c(OC)c1. The van der Waals surface area contributed by atoms with Crippen molar-refractivity contribution in [2.45, 2.75) is 25.8 Å². The normalized spacial score (nSPS) is 12.3. The molecule has 1 unspecified atom stereocenters. The molecule has 0 saturated heterocycles. The highest BCUT2D eigenvalue weighted by molar-refractivity contribution is 6.32. The van der Waals surface area contributed by atoms with E-state index in [9.17, 15) is 0 Å². The molecule has 0 aliphatic carbocycles. The van der Waals surface area contributed by atoms with E-state index in [0.717, 1.165) is 18.4 Å². The number of methoxy groups -OCH3 is 2. The van der Waals surface area contributed by atoms with Crippen molar-refractivity contribution in [2.75, 3.05) is 21.3 Å². The lowest BCUT2D eigenvalue weighted by atomic mass is 10.0. The van der Waals surface area contributed by atoms with Crippen molar-refractivity contribution in [2.24, 2.45) is 0 Å². The largest absolute Gasteiger partial charge is 0.493 e. The van der Waals surface area contributed by atoms with Crippen molar-refractivity contribution in [3.05, 3.63) is 22.7 Å². The summed E-state index contributed by atoms with van der Waals surface area (Å²) in [5.74, 6) is 1.26. The van der Waals surface area contributed by atoms with Gasteiger partial charge in [0.2, 0.25) is 0 Å². The van der Waals surface area contributed by atoms with Gasteiger partial charge in [-0.1, -0.05) is 24.9 Å². The van der Waals surface area contributed by atoms with Gasteiger partial charge in [0, 0.05) is 6.04 Å². The number of ether oxygens (including phenoxy) is 2. The third-order valence-electron chi connectivity index (χ3n) is 2.78. The first kappa shape index (κ1) is 14.1. The number of hydrogen-bond acceptors (Lipinski definition) is 3. The van der Waals surface area contributed by atoms with Crippen LogP contribution in [0, 0.1) is 0 Å². The zero-order valence-corrected chi connectivity index (χ0v) is 11.6. The molecule has 0 fully saturated rings. The quantitative estimate of drug-likeness (QED) is 0.847. The van der Waals surface area contributed by atoms with Crippen molar-refractivity contribution in [3.8, 4) is 11.5 Å². The Morgan fingerprint density at radius 3 is 2.47 bits per heavy atom. The standard InChI is InChI=1S/C13H20ClNO2/c1-5-6-11(15-2)9-7-10(14)13(17-4)12(8-9)16-3/h7-8,11,15H,5-6H2,1-4H3. The average Bonchev–Trinajstić information content (AvgIpc) is 2.34. The highest BCUT2D eigenvalue weighted by Gasteiger charge is 2.15. The Labute approximate surface area is 108 Å². The summed E-state index contributed by atoms with van der Waals surface area (Å²) >= 11 is 6.18. The lowest BCUT2D eigenvalue weighted by molar-refractivity contribution is 0.354. The van der Waals surface area contributed by atoms with Crippen molar-refractivity contribution in [1.29, 1.82) is 0 Å². The first-order valence-electron chi connectivity index (χ1n) is 5.76. The molecule has 1 atom stereocenters. The summed E-state index contributed by atoms with van der Waals surface area (Å²) in [7, 11) is 5.15. The van der Waals surface area contributed by atoms with Gasteiger partial charge in [0.15, 0.2) is 11.5 Å². The molecular weight excluding hydrogens is 238 g/mol. The molecule has 0 saturated carbocycles. The maximum absolute atomic E-state index is 6.18. The van der Waals surface area contributed by atoms with E-state index >= 15 is 0 Å². The summed E-state index contributed by atoms with van der Waals surface area (Å²) in [4.78, 5) is 0. The number of benzene rings is 1. The molecule has 0 radical (unpaired) electrons. The molecule has 17 heavy (non-hydrogen) atoms. The van der Waals surface area contributed by atoms with Gasteiger partial charge in [-0.15, -0.1) is 0 Å². The lowest BCUT2D eigenvalue weighted by Crippen LogP contribution is -2.16. The molecule has 1 aromatic rings. The maximum atomic E-state index is 6.18. The summed E-state index contributed by atoms with van der Waals surface area (Å²) in [6, 6.07) is 4.19. The highest BCUT2D eigenvalue weighted by atomic mass is 35.5. The van der Waals surface area contributed by atoms with Crippen LogP contribution in [0.5, 0.6) is 11.5 Å². The summed E-state index contributed by atoms with van der Waals surface area (Å²) in [5, 5.41) is 3.86. The molecule has 4 heteroatoms. The van der Waals surface area contributed by atoms with E-state index in [1.54, 1.807) is 14.2 Å². The van der Waals surface area contributed by atoms with E-state index in [4.69, 9.17) is 21.1 Å². The molecule has 0 aromatic heterocycles. The predicted molar refractivity (Wildman–Crippen MR) is 71.3 cm³/mol. The molecule has 0 aliphatic rings. The minimum Gasteiger partial charge on any atom is -0.493 e. The second-order valence-corrected chi connectivity index (χ2v) is 4.28. The Morgan fingerprint density at radius 2 is 2.00 bits per heavy atom. The highest BCUT2D eigenvalue weighted by Crippen LogP contribution is 2.38. The van der Waals surface area contributed by atoms with Crippen LogP contribution in [0.25, 0.3) is 0 Å². The molecule has 0 bridgehead atoms. The molecule has 96 valence electrons. The monoisotopic (exact) mass is 257 g/mol. The van der Waals surface area contributed by atoms with Gasteiger partial charge in [0.05, 0.1) is 19.2 Å². The number of rotatable bonds is 6. The van der Waals surface area contributed by atoms with Gasteiger partial charge >= 0.3 is 0 Å². The molecule has 0 aliphatic heterocycles. The Kier molecular flexibility index (Phi) is 5.59. The fourth-order valence-corrected chi connectivity index (χ4v) is 2.20.